The Morgan fingerprint density at radius 2 is 2.18 bits per heavy atom. The van der Waals surface area contributed by atoms with Gasteiger partial charge in [0.2, 0.25) is 5.95 Å². The molecular weight excluding hydrogens is 227 g/mol. The Morgan fingerprint density at radius 3 is 2.71 bits per heavy atom. The number of pyridine rings is 1. The summed E-state index contributed by atoms with van der Waals surface area (Å²) in [7, 11) is 0. The van der Waals surface area contributed by atoms with Crippen LogP contribution in [0.3, 0.4) is 0 Å². The third-order valence-corrected chi connectivity index (χ3v) is 2.03. The van der Waals surface area contributed by atoms with Crippen LogP contribution in [0, 0.1) is 5.95 Å². The number of carboxylic acids is 1. The van der Waals surface area contributed by atoms with E-state index in [0.717, 1.165) is 6.07 Å². The maximum atomic E-state index is 12.8. The van der Waals surface area contributed by atoms with Crippen molar-refractivity contribution in [2.24, 2.45) is 0 Å². The lowest BCUT2D eigenvalue weighted by Crippen LogP contribution is -2.44. The molecule has 0 atom stereocenters. The van der Waals surface area contributed by atoms with Crippen molar-refractivity contribution in [1.29, 1.82) is 0 Å². The SMILES string of the molecule is CC(C)(CC(=O)O)NC(=O)c1ccnc(F)c1. The number of nitrogens with one attached hydrogen (secondary N) is 1. The maximum absolute atomic E-state index is 12.8. The summed E-state index contributed by atoms with van der Waals surface area (Å²) in [5, 5.41) is 11.2. The van der Waals surface area contributed by atoms with E-state index in [0.29, 0.717) is 0 Å². The fourth-order valence-electron chi connectivity index (χ4n) is 1.35. The van der Waals surface area contributed by atoms with Crippen LogP contribution in [-0.2, 0) is 4.79 Å². The number of aromatic nitrogens is 1. The summed E-state index contributed by atoms with van der Waals surface area (Å²) in [6.45, 7) is 3.16. The van der Waals surface area contributed by atoms with Gasteiger partial charge < -0.3 is 10.4 Å². The Labute approximate surface area is 97.7 Å². The van der Waals surface area contributed by atoms with Gasteiger partial charge in [-0.2, -0.15) is 4.39 Å². The zero-order valence-electron chi connectivity index (χ0n) is 9.53. The number of carbonyl (C=O) groups excluding carboxylic acids is 1. The maximum Gasteiger partial charge on any atom is 0.305 e. The lowest BCUT2D eigenvalue weighted by atomic mass is 10.0. The first-order valence-electron chi connectivity index (χ1n) is 4.96. The molecule has 0 aliphatic carbocycles. The van der Waals surface area contributed by atoms with E-state index in [2.05, 4.69) is 10.3 Å². The number of rotatable bonds is 4. The third-order valence-electron chi connectivity index (χ3n) is 2.03. The summed E-state index contributed by atoms with van der Waals surface area (Å²) in [6, 6.07) is 2.35. The van der Waals surface area contributed by atoms with Gasteiger partial charge in [0, 0.05) is 23.4 Å². The molecule has 0 aromatic carbocycles. The number of hydrogen-bond donors (Lipinski definition) is 2. The number of carbonyl (C=O) groups is 2. The van der Waals surface area contributed by atoms with E-state index in [4.69, 9.17) is 5.11 Å². The Kier molecular flexibility index (Phi) is 3.77. The van der Waals surface area contributed by atoms with Gasteiger partial charge in [-0.1, -0.05) is 0 Å². The van der Waals surface area contributed by atoms with E-state index < -0.39 is 23.4 Å². The molecule has 0 saturated heterocycles. The number of hydrogen-bond acceptors (Lipinski definition) is 3. The summed E-state index contributed by atoms with van der Waals surface area (Å²) in [5.74, 6) is -2.30. The molecule has 5 nitrogen and oxygen atoms in total. The topological polar surface area (TPSA) is 79.3 Å². The van der Waals surface area contributed by atoms with Crippen molar-refractivity contribution in [2.75, 3.05) is 0 Å². The standard InChI is InChI=1S/C11H13FN2O3/c1-11(2,6-9(15)16)14-10(17)7-3-4-13-8(12)5-7/h3-5H,6H2,1-2H3,(H,14,17)(H,15,16). The summed E-state index contributed by atoms with van der Waals surface area (Å²) < 4.78 is 12.8. The van der Waals surface area contributed by atoms with E-state index in [1.807, 2.05) is 0 Å². The molecule has 1 rings (SSSR count). The molecule has 0 unspecified atom stereocenters. The average Bonchev–Trinajstić information content (AvgIpc) is 2.14. The molecular formula is C11H13FN2O3. The van der Waals surface area contributed by atoms with E-state index in [1.165, 1.54) is 12.3 Å². The molecule has 0 radical (unpaired) electrons. The van der Waals surface area contributed by atoms with Gasteiger partial charge in [-0.15, -0.1) is 0 Å². The molecule has 1 aromatic heterocycles. The minimum atomic E-state index is -1.02. The molecule has 1 amide bonds. The minimum absolute atomic E-state index is 0.107. The van der Waals surface area contributed by atoms with Crippen molar-refractivity contribution in [3.63, 3.8) is 0 Å². The lowest BCUT2D eigenvalue weighted by Gasteiger charge is -2.24. The van der Waals surface area contributed by atoms with Crippen LogP contribution >= 0.6 is 0 Å². The van der Waals surface area contributed by atoms with Crippen molar-refractivity contribution in [3.8, 4) is 0 Å². The third kappa shape index (κ3) is 4.18. The van der Waals surface area contributed by atoms with Gasteiger partial charge in [-0.3, -0.25) is 9.59 Å². The average molecular weight is 240 g/mol. The van der Waals surface area contributed by atoms with Gasteiger partial charge in [0.25, 0.3) is 5.91 Å². The minimum Gasteiger partial charge on any atom is -0.481 e. The highest BCUT2D eigenvalue weighted by molar-refractivity contribution is 5.94. The molecule has 17 heavy (non-hydrogen) atoms. The largest absolute Gasteiger partial charge is 0.481 e. The van der Waals surface area contributed by atoms with E-state index in [1.54, 1.807) is 13.8 Å². The zero-order valence-corrected chi connectivity index (χ0v) is 9.53. The summed E-state index contributed by atoms with van der Waals surface area (Å²) in [5.41, 5.74) is -0.793. The van der Waals surface area contributed by atoms with E-state index in [-0.39, 0.29) is 12.0 Å². The molecule has 1 heterocycles. The summed E-state index contributed by atoms with van der Waals surface area (Å²) in [4.78, 5) is 25.6. The first kappa shape index (κ1) is 13.1. The molecule has 0 saturated carbocycles. The van der Waals surface area contributed by atoms with Crippen LogP contribution in [0.15, 0.2) is 18.3 Å². The molecule has 2 N–H and O–H groups in total. The Morgan fingerprint density at radius 1 is 1.53 bits per heavy atom. The number of amides is 1. The van der Waals surface area contributed by atoms with Crippen molar-refractivity contribution >= 4 is 11.9 Å². The second-order valence-corrected chi connectivity index (χ2v) is 4.28. The van der Waals surface area contributed by atoms with Gasteiger partial charge in [0.1, 0.15) is 0 Å². The molecule has 0 fully saturated rings. The van der Waals surface area contributed by atoms with Gasteiger partial charge in [0.15, 0.2) is 0 Å². The van der Waals surface area contributed by atoms with Crippen molar-refractivity contribution in [2.45, 2.75) is 25.8 Å². The Balaban J connectivity index is 2.75. The normalized spacial score (nSPS) is 11.0. The highest BCUT2D eigenvalue weighted by atomic mass is 19.1. The Bertz CT molecular complexity index is 446. The predicted octanol–water partition coefficient (Wildman–Crippen LogP) is 1.20. The van der Waals surface area contributed by atoms with Crippen LogP contribution in [0.25, 0.3) is 0 Å². The predicted molar refractivity (Wildman–Crippen MR) is 58.0 cm³/mol. The zero-order chi connectivity index (χ0) is 13.1. The molecule has 92 valence electrons. The summed E-state index contributed by atoms with van der Waals surface area (Å²) in [6.07, 6.45) is 0.959. The van der Waals surface area contributed by atoms with E-state index >= 15 is 0 Å². The molecule has 0 spiro atoms. The smallest absolute Gasteiger partial charge is 0.305 e. The van der Waals surface area contributed by atoms with Gasteiger partial charge in [0.05, 0.1) is 6.42 Å². The lowest BCUT2D eigenvalue weighted by molar-refractivity contribution is -0.138. The molecule has 1 aromatic rings. The molecule has 0 aliphatic rings. The van der Waals surface area contributed by atoms with Crippen LogP contribution in [0.5, 0.6) is 0 Å². The van der Waals surface area contributed by atoms with E-state index in [9.17, 15) is 14.0 Å². The van der Waals surface area contributed by atoms with Crippen LogP contribution in [0.4, 0.5) is 4.39 Å². The highest BCUT2D eigenvalue weighted by Gasteiger charge is 2.24. The monoisotopic (exact) mass is 240 g/mol. The fraction of sp³-hybridized carbons (Fsp3) is 0.364. The van der Waals surface area contributed by atoms with Gasteiger partial charge in [-0.25, -0.2) is 4.98 Å². The molecule has 6 heteroatoms. The van der Waals surface area contributed by atoms with Crippen molar-refractivity contribution in [3.05, 3.63) is 29.8 Å². The number of halogens is 1. The number of nitrogens with zero attached hydrogens (tertiary/aromatic N) is 1. The van der Waals surface area contributed by atoms with Crippen LogP contribution in [0.1, 0.15) is 30.6 Å². The quantitative estimate of drug-likeness (QED) is 0.775. The second kappa shape index (κ2) is 4.90. The van der Waals surface area contributed by atoms with Crippen molar-refractivity contribution < 1.29 is 19.1 Å². The fourth-order valence-corrected chi connectivity index (χ4v) is 1.35. The first-order valence-corrected chi connectivity index (χ1v) is 4.96. The van der Waals surface area contributed by atoms with Gasteiger partial charge >= 0.3 is 5.97 Å². The first-order chi connectivity index (χ1) is 7.80. The van der Waals surface area contributed by atoms with Crippen LogP contribution in [-0.4, -0.2) is 27.5 Å². The van der Waals surface area contributed by atoms with Crippen molar-refractivity contribution in [1.82, 2.24) is 10.3 Å². The molecule has 0 aliphatic heterocycles. The van der Waals surface area contributed by atoms with Crippen LogP contribution in [0.2, 0.25) is 0 Å². The number of carboxylic acid groups (broad SMARTS) is 1. The van der Waals surface area contributed by atoms with Gasteiger partial charge in [-0.05, 0) is 19.9 Å². The molecule has 0 bridgehead atoms. The second-order valence-electron chi connectivity index (χ2n) is 4.28. The number of aliphatic carboxylic acids is 1. The Hall–Kier alpha value is -1.98. The highest BCUT2D eigenvalue weighted by Crippen LogP contribution is 2.10. The summed E-state index contributed by atoms with van der Waals surface area (Å²) >= 11 is 0. The van der Waals surface area contributed by atoms with Crippen LogP contribution < -0.4 is 5.32 Å².